The Kier molecular flexibility index (Phi) is 4.40. The van der Waals surface area contributed by atoms with Crippen LogP contribution >= 0.6 is 0 Å². The van der Waals surface area contributed by atoms with Gasteiger partial charge < -0.3 is 4.90 Å². The van der Waals surface area contributed by atoms with E-state index in [2.05, 4.69) is 32.0 Å². The third-order valence-electron chi connectivity index (χ3n) is 3.67. The molecule has 0 spiro atoms. The minimum atomic E-state index is 0.294. The summed E-state index contributed by atoms with van der Waals surface area (Å²) in [6.07, 6.45) is 6.42. The van der Waals surface area contributed by atoms with Gasteiger partial charge >= 0.3 is 0 Å². The first kappa shape index (κ1) is 13.1. The molecule has 98 valence electrons. The van der Waals surface area contributed by atoms with Gasteiger partial charge in [0.1, 0.15) is 0 Å². The lowest BCUT2D eigenvalue weighted by Crippen LogP contribution is -2.35. The summed E-state index contributed by atoms with van der Waals surface area (Å²) in [5.74, 6) is 0.294. The number of rotatable bonds is 5. The molecule has 1 aromatic carbocycles. The molecule has 2 nitrogen and oxygen atoms in total. The van der Waals surface area contributed by atoms with E-state index in [1.807, 2.05) is 4.90 Å². The molecule has 0 unspecified atom stereocenters. The monoisotopic (exact) mass is 245 g/mol. The number of hydrogen-bond acceptors (Lipinski definition) is 1. The topological polar surface area (TPSA) is 20.3 Å². The summed E-state index contributed by atoms with van der Waals surface area (Å²) >= 11 is 0. The minimum Gasteiger partial charge on any atom is -0.312 e. The molecule has 2 rings (SSSR count). The van der Waals surface area contributed by atoms with Crippen LogP contribution in [0, 0.1) is 6.92 Å². The molecular formula is C16H23NO. The zero-order valence-electron chi connectivity index (χ0n) is 11.5. The van der Waals surface area contributed by atoms with Crippen molar-refractivity contribution in [2.45, 2.75) is 52.4 Å². The van der Waals surface area contributed by atoms with Gasteiger partial charge in [-0.05, 0) is 31.4 Å². The lowest BCUT2D eigenvalue weighted by Gasteiger charge is -2.29. The highest BCUT2D eigenvalue weighted by Crippen LogP contribution is 2.28. The Balaban J connectivity index is 2.08. The average molecular weight is 245 g/mol. The maximum absolute atomic E-state index is 12.0. The fourth-order valence-corrected chi connectivity index (χ4v) is 2.63. The summed E-state index contributed by atoms with van der Waals surface area (Å²) in [5.41, 5.74) is 3.77. The third-order valence-corrected chi connectivity index (χ3v) is 3.67. The first-order valence-corrected chi connectivity index (χ1v) is 7.12. The van der Waals surface area contributed by atoms with Crippen molar-refractivity contribution >= 4 is 11.6 Å². The van der Waals surface area contributed by atoms with Gasteiger partial charge in [0.05, 0.1) is 0 Å². The van der Waals surface area contributed by atoms with E-state index in [9.17, 15) is 4.79 Å². The lowest BCUT2D eigenvalue weighted by molar-refractivity contribution is -0.118. The number of benzene rings is 1. The minimum absolute atomic E-state index is 0.294. The van der Waals surface area contributed by atoms with Crippen molar-refractivity contribution in [1.82, 2.24) is 0 Å². The Labute approximate surface area is 110 Å². The number of aryl methyl sites for hydroxylation is 2. The fourth-order valence-electron chi connectivity index (χ4n) is 2.63. The van der Waals surface area contributed by atoms with Gasteiger partial charge in [-0.15, -0.1) is 0 Å². The molecule has 0 saturated heterocycles. The van der Waals surface area contributed by atoms with Crippen molar-refractivity contribution < 1.29 is 4.79 Å². The Bertz CT molecular complexity index is 425. The summed E-state index contributed by atoms with van der Waals surface area (Å²) < 4.78 is 0. The summed E-state index contributed by atoms with van der Waals surface area (Å²) in [7, 11) is 0. The van der Waals surface area contributed by atoms with Crippen LogP contribution in [0.4, 0.5) is 5.69 Å². The van der Waals surface area contributed by atoms with Crippen LogP contribution in [-0.4, -0.2) is 12.5 Å². The molecule has 1 aliphatic rings. The van der Waals surface area contributed by atoms with Crippen LogP contribution in [-0.2, 0) is 11.2 Å². The van der Waals surface area contributed by atoms with Crippen molar-refractivity contribution in [2.75, 3.05) is 11.4 Å². The maximum Gasteiger partial charge on any atom is 0.227 e. The van der Waals surface area contributed by atoms with Crippen molar-refractivity contribution in [3.8, 4) is 0 Å². The van der Waals surface area contributed by atoms with E-state index >= 15 is 0 Å². The number of amides is 1. The first-order chi connectivity index (χ1) is 8.72. The molecular weight excluding hydrogens is 222 g/mol. The molecule has 0 aliphatic carbocycles. The van der Waals surface area contributed by atoms with E-state index < -0.39 is 0 Å². The number of unbranched alkanes of at least 4 members (excludes halogenated alkanes) is 3. The predicted octanol–water partition coefficient (Wildman–Crippen LogP) is 3.85. The van der Waals surface area contributed by atoms with Gasteiger partial charge in [-0.2, -0.15) is 0 Å². The number of carbonyl (C=O) groups is 1. The first-order valence-electron chi connectivity index (χ1n) is 7.12. The van der Waals surface area contributed by atoms with Crippen molar-refractivity contribution in [2.24, 2.45) is 0 Å². The number of anilines is 1. The Hall–Kier alpha value is -1.31. The summed E-state index contributed by atoms with van der Waals surface area (Å²) in [6, 6.07) is 6.44. The van der Waals surface area contributed by atoms with E-state index in [4.69, 9.17) is 0 Å². The van der Waals surface area contributed by atoms with Gasteiger partial charge in [0.25, 0.3) is 0 Å². The zero-order chi connectivity index (χ0) is 13.0. The molecule has 2 heteroatoms. The van der Waals surface area contributed by atoms with Gasteiger partial charge in [0.15, 0.2) is 0 Å². The largest absolute Gasteiger partial charge is 0.312 e. The van der Waals surface area contributed by atoms with E-state index in [0.29, 0.717) is 12.3 Å². The molecule has 1 heterocycles. The number of hydrogen-bond donors (Lipinski definition) is 0. The van der Waals surface area contributed by atoms with Gasteiger partial charge in [0.2, 0.25) is 5.91 Å². The highest BCUT2D eigenvalue weighted by molar-refractivity contribution is 5.96. The molecule has 0 bridgehead atoms. The molecule has 0 radical (unpaired) electrons. The molecule has 0 fully saturated rings. The Morgan fingerprint density at radius 3 is 2.78 bits per heavy atom. The van der Waals surface area contributed by atoms with Crippen molar-refractivity contribution in [3.63, 3.8) is 0 Å². The summed E-state index contributed by atoms with van der Waals surface area (Å²) in [6.45, 7) is 5.21. The normalized spacial score (nSPS) is 14.8. The molecule has 18 heavy (non-hydrogen) atoms. The third kappa shape index (κ3) is 2.92. The van der Waals surface area contributed by atoms with Gasteiger partial charge in [-0.1, -0.05) is 43.9 Å². The van der Waals surface area contributed by atoms with E-state index in [1.54, 1.807) is 0 Å². The second kappa shape index (κ2) is 6.03. The molecule has 1 aliphatic heterocycles. The number of nitrogens with zero attached hydrogens (tertiary/aromatic N) is 1. The molecule has 1 aromatic rings. The van der Waals surface area contributed by atoms with Crippen LogP contribution in [0.25, 0.3) is 0 Å². The highest BCUT2D eigenvalue weighted by atomic mass is 16.2. The van der Waals surface area contributed by atoms with Crippen LogP contribution in [0.5, 0.6) is 0 Å². The van der Waals surface area contributed by atoms with Crippen LogP contribution in [0.1, 0.15) is 50.2 Å². The van der Waals surface area contributed by atoms with Gasteiger partial charge in [-0.25, -0.2) is 0 Å². The van der Waals surface area contributed by atoms with Crippen molar-refractivity contribution in [1.29, 1.82) is 0 Å². The smallest absolute Gasteiger partial charge is 0.227 e. The van der Waals surface area contributed by atoms with Crippen LogP contribution in [0.2, 0.25) is 0 Å². The summed E-state index contributed by atoms with van der Waals surface area (Å²) in [4.78, 5) is 14.0. The molecule has 0 aromatic heterocycles. The van der Waals surface area contributed by atoms with Gasteiger partial charge in [0, 0.05) is 18.7 Å². The average Bonchev–Trinajstić information content (AvgIpc) is 2.37. The quantitative estimate of drug-likeness (QED) is 0.721. The summed E-state index contributed by atoms with van der Waals surface area (Å²) in [5, 5.41) is 0. The highest BCUT2D eigenvalue weighted by Gasteiger charge is 2.23. The lowest BCUT2D eigenvalue weighted by atomic mass is 9.98. The SMILES string of the molecule is CCCCCCN1C(=O)CCc2cc(C)ccc21. The van der Waals surface area contributed by atoms with Gasteiger partial charge in [-0.3, -0.25) is 4.79 Å². The second-order valence-corrected chi connectivity index (χ2v) is 5.24. The molecule has 0 atom stereocenters. The maximum atomic E-state index is 12.0. The number of carbonyl (C=O) groups excluding carboxylic acids is 1. The van der Waals surface area contributed by atoms with E-state index in [-0.39, 0.29) is 0 Å². The van der Waals surface area contributed by atoms with Crippen molar-refractivity contribution in [3.05, 3.63) is 29.3 Å². The molecule has 0 saturated carbocycles. The Morgan fingerprint density at radius 2 is 2.00 bits per heavy atom. The predicted molar refractivity (Wildman–Crippen MR) is 76.0 cm³/mol. The van der Waals surface area contributed by atoms with E-state index in [1.165, 1.54) is 30.4 Å². The molecule has 0 N–H and O–H groups in total. The van der Waals surface area contributed by atoms with Crippen LogP contribution in [0.3, 0.4) is 0 Å². The fraction of sp³-hybridized carbons (Fsp3) is 0.562. The number of fused-ring (bicyclic) bond motifs is 1. The van der Waals surface area contributed by atoms with Crippen LogP contribution < -0.4 is 4.90 Å². The second-order valence-electron chi connectivity index (χ2n) is 5.24. The zero-order valence-corrected chi connectivity index (χ0v) is 11.5. The standard InChI is InChI=1S/C16H23NO/c1-3-4-5-6-11-17-15-9-7-13(2)12-14(15)8-10-16(17)18/h7,9,12H,3-6,8,10-11H2,1-2H3. The molecule has 1 amide bonds. The van der Waals surface area contributed by atoms with E-state index in [0.717, 1.165) is 25.1 Å². The Morgan fingerprint density at radius 1 is 1.17 bits per heavy atom. The van der Waals surface area contributed by atoms with Crippen LogP contribution in [0.15, 0.2) is 18.2 Å².